The zero-order chi connectivity index (χ0) is 36.8. The van der Waals surface area contributed by atoms with Crippen molar-refractivity contribution in [1.82, 2.24) is 14.8 Å². The van der Waals surface area contributed by atoms with E-state index < -0.39 is 10.8 Å². The third-order valence-corrected chi connectivity index (χ3v) is 10.4. The number of hydrogen-bond donors (Lipinski definition) is 2. The van der Waals surface area contributed by atoms with Gasteiger partial charge in [0.25, 0.3) is 0 Å². The minimum atomic E-state index is -0.419. The molecular weight excluding hydrogens is 642 g/mol. The zero-order valence-corrected chi connectivity index (χ0v) is 31.2. The molecule has 0 unspecified atom stereocenters. The third-order valence-electron chi connectivity index (χ3n) is 10.4. The number of nitrogens with one attached hydrogen (secondary N) is 2. The van der Waals surface area contributed by atoms with E-state index in [2.05, 4.69) is 29.5 Å². The van der Waals surface area contributed by atoms with Crippen LogP contribution >= 0.6 is 0 Å². The summed E-state index contributed by atoms with van der Waals surface area (Å²) in [5.74, 6) is 1.10. The Kier molecular flexibility index (Phi) is 12.0. The molecule has 2 saturated heterocycles. The van der Waals surface area contributed by atoms with Gasteiger partial charge < -0.3 is 24.9 Å². The highest BCUT2D eigenvalue weighted by Gasteiger charge is 2.39. The van der Waals surface area contributed by atoms with E-state index in [1.807, 2.05) is 86.0 Å². The molecule has 2 N–H and O–H groups in total. The zero-order valence-electron chi connectivity index (χ0n) is 31.2. The number of aromatic nitrogens is 1. The first-order chi connectivity index (χ1) is 24.3. The molecule has 2 aliphatic heterocycles. The maximum Gasteiger partial charge on any atom is 0.228 e. The average Bonchev–Trinajstić information content (AvgIpc) is 3.87. The van der Waals surface area contributed by atoms with Crippen LogP contribution in [0, 0.1) is 10.8 Å². The van der Waals surface area contributed by atoms with Gasteiger partial charge >= 0.3 is 0 Å². The Morgan fingerprint density at radius 1 is 0.706 bits per heavy atom. The van der Waals surface area contributed by atoms with Gasteiger partial charge in [-0.1, -0.05) is 54.4 Å². The molecule has 2 atom stereocenters. The van der Waals surface area contributed by atoms with Crippen LogP contribution < -0.4 is 10.6 Å². The summed E-state index contributed by atoms with van der Waals surface area (Å²) in [5.41, 5.74) is 2.10. The van der Waals surface area contributed by atoms with Gasteiger partial charge in [0.2, 0.25) is 29.5 Å². The van der Waals surface area contributed by atoms with Crippen LogP contribution in [0.4, 0.5) is 11.4 Å². The molecule has 2 aromatic carbocycles. The van der Waals surface area contributed by atoms with E-state index in [4.69, 9.17) is 4.42 Å². The van der Waals surface area contributed by atoms with Crippen molar-refractivity contribution in [3.05, 3.63) is 54.7 Å². The molecule has 0 radical (unpaired) electrons. The Morgan fingerprint density at radius 2 is 1.14 bits per heavy atom. The summed E-state index contributed by atoms with van der Waals surface area (Å²) in [7, 11) is 0. The fourth-order valence-corrected chi connectivity index (χ4v) is 7.68. The molecule has 274 valence electrons. The van der Waals surface area contributed by atoms with Crippen LogP contribution in [0.2, 0.25) is 0 Å². The lowest BCUT2D eigenvalue weighted by Crippen LogP contribution is -2.44. The molecule has 51 heavy (non-hydrogen) atoms. The summed E-state index contributed by atoms with van der Waals surface area (Å²) in [6.45, 7) is 13.6. The standard InChI is InChI=1S/C41H55N5O5/c1-7-21-40(3,4)38(49)45-23-9-11-32(45)25-35(47)43-30-17-13-28(14-18-30)34-27-42-37(51-34)29-15-19-31(20-16-29)44-36(48)26-33-12-10-24-46(33)39(50)41(5,6)22-8-2/h13-20,27,32-33H,7-12,21-26H2,1-6H3,(H,43,47)(H,44,48)/t32-,33-/m0/s1. The first-order valence-electron chi connectivity index (χ1n) is 18.7. The van der Waals surface area contributed by atoms with E-state index in [9.17, 15) is 19.2 Å². The van der Waals surface area contributed by atoms with Gasteiger partial charge in [-0.25, -0.2) is 4.98 Å². The minimum absolute atomic E-state index is 0.0753. The van der Waals surface area contributed by atoms with E-state index in [1.165, 1.54) is 0 Å². The minimum Gasteiger partial charge on any atom is -0.436 e. The van der Waals surface area contributed by atoms with Crippen molar-refractivity contribution in [1.29, 1.82) is 0 Å². The smallest absolute Gasteiger partial charge is 0.228 e. The van der Waals surface area contributed by atoms with Crippen molar-refractivity contribution in [3.63, 3.8) is 0 Å². The Bertz CT molecular complexity index is 1550. The maximum absolute atomic E-state index is 13.2. The highest BCUT2D eigenvalue weighted by molar-refractivity contribution is 5.93. The van der Waals surface area contributed by atoms with E-state index in [0.29, 0.717) is 36.1 Å². The van der Waals surface area contributed by atoms with Gasteiger partial charge in [-0.3, -0.25) is 19.2 Å². The Labute approximate surface area is 302 Å². The number of hydrogen-bond acceptors (Lipinski definition) is 6. The van der Waals surface area contributed by atoms with E-state index >= 15 is 0 Å². The van der Waals surface area contributed by atoms with Crippen LogP contribution in [0.25, 0.3) is 22.8 Å². The summed E-state index contributed by atoms with van der Waals surface area (Å²) < 4.78 is 6.07. The highest BCUT2D eigenvalue weighted by atomic mass is 16.4. The monoisotopic (exact) mass is 697 g/mol. The molecule has 10 heteroatoms. The molecular formula is C41H55N5O5. The van der Waals surface area contributed by atoms with Crippen molar-refractivity contribution in [3.8, 4) is 22.8 Å². The Hall–Kier alpha value is -4.47. The number of nitrogens with zero attached hydrogens (tertiary/aromatic N) is 3. The average molecular weight is 698 g/mol. The second-order valence-corrected chi connectivity index (χ2v) is 15.5. The lowest BCUT2D eigenvalue weighted by molar-refractivity contribution is -0.143. The van der Waals surface area contributed by atoms with E-state index in [-0.39, 0.29) is 48.6 Å². The summed E-state index contributed by atoms with van der Waals surface area (Å²) in [6.07, 6.45) is 9.28. The number of rotatable bonds is 14. The van der Waals surface area contributed by atoms with Crippen LogP contribution in [0.1, 0.15) is 106 Å². The quantitative estimate of drug-likeness (QED) is 0.175. The van der Waals surface area contributed by atoms with Crippen molar-refractivity contribution in [2.24, 2.45) is 10.8 Å². The van der Waals surface area contributed by atoms with Gasteiger partial charge in [-0.15, -0.1) is 0 Å². The normalized spacial score (nSPS) is 17.8. The van der Waals surface area contributed by atoms with Gasteiger partial charge in [0.15, 0.2) is 5.76 Å². The third kappa shape index (κ3) is 9.26. The second-order valence-electron chi connectivity index (χ2n) is 15.5. The van der Waals surface area contributed by atoms with Crippen LogP contribution in [0.5, 0.6) is 0 Å². The number of benzene rings is 2. The number of likely N-dealkylation sites (tertiary alicyclic amines) is 2. The van der Waals surface area contributed by atoms with Crippen LogP contribution in [-0.4, -0.2) is 63.6 Å². The predicted octanol–water partition coefficient (Wildman–Crippen LogP) is 8.30. The SMILES string of the molecule is CCCC(C)(C)C(=O)N1CCC[C@H]1CC(=O)Nc1ccc(-c2cnc(-c3ccc(NC(=O)C[C@@H]4CCCN4C(=O)C(C)(C)CCC)cc3)o2)cc1. The lowest BCUT2D eigenvalue weighted by atomic mass is 9.86. The molecule has 0 bridgehead atoms. The van der Waals surface area contributed by atoms with E-state index in [1.54, 1.807) is 6.20 Å². The lowest BCUT2D eigenvalue weighted by Gasteiger charge is -2.33. The second kappa shape index (κ2) is 16.3. The summed E-state index contributed by atoms with van der Waals surface area (Å²) in [6, 6.07) is 14.6. The van der Waals surface area contributed by atoms with Crippen molar-refractivity contribution in [2.45, 2.75) is 118 Å². The molecule has 0 aliphatic carbocycles. The van der Waals surface area contributed by atoms with Gasteiger partial charge in [0.1, 0.15) is 0 Å². The number of carbonyl (C=O) groups excluding carboxylic acids is 4. The highest BCUT2D eigenvalue weighted by Crippen LogP contribution is 2.33. The van der Waals surface area contributed by atoms with Gasteiger partial charge in [-0.2, -0.15) is 0 Å². The van der Waals surface area contributed by atoms with Gasteiger partial charge in [0, 0.05) is 71.3 Å². The molecule has 0 spiro atoms. The molecule has 10 nitrogen and oxygen atoms in total. The molecule has 1 aromatic heterocycles. The fraction of sp³-hybridized carbons (Fsp3) is 0.537. The molecule has 4 amide bonds. The van der Waals surface area contributed by atoms with E-state index in [0.717, 1.165) is 62.5 Å². The number of carbonyl (C=O) groups is 4. The largest absolute Gasteiger partial charge is 0.436 e. The van der Waals surface area contributed by atoms with Crippen molar-refractivity contribution in [2.75, 3.05) is 23.7 Å². The van der Waals surface area contributed by atoms with Crippen molar-refractivity contribution < 1.29 is 23.6 Å². The summed E-state index contributed by atoms with van der Waals surface area (Å²) >= 11 is 0. The number of amides is 4. The summed E-state index contributed by atoms with van der Waals surface area (Å²) in [4.78, 5) is 60.6. The van der Waals surface area contributed by atoms with Gasteiger partial charge in [0.05, 0.1) is 6.20 Å². The molecule has 5 rings (SSSR count). The first kappa shape index (κ1) is 37.8. The first-order valence-corrected chi connectivity index (χ1v) is 18.7. The topological polar surface area (TPSA) is 125 Å². The summed E-state index contributed by atoms with van der Waals surface area (Å²) in [5, 5.41) is 5.97. The fourth-order valence-electron chi connectivity index (χ4n) is 7.68. The van der Waals surface area contributed by atoms with Crippen LogP contribution in [-0.2, 0) is 19.2 Å². The van der Waals surface area contributed by atoms with Crippen LogP contribution in [0.15, 0.2) is 59.1 Å². The number of anilines is 2. The molecule has 2 fully saturated rings. The van der Waals surface area contributed by atoms with Gasteiger partial charge in [-0.05, 0) is 87.1 Å². The molecule has 3 aromatic rings. The molecule has 0 saturated carbocycles. The van der Waals surface area contributed by atoms with Crippen LogP contribution in [0.3, 0.4) is 0 Å². The van der Waals surface area contributed by atoms with Crippen molar-refractivity contribution >= 4 is 35.0 Å². The predicted molar refractivity (Wildman–Crippen MR) is 201 cm³/mol. The maximum atomic E-state index is 13.2. The Morgan fingerprint density at radius 3 is 1.57 bits per heavy atom. The number of oxazole rings is 1. The molecule has 3 heterocycles. The Balaban J connectivity index is 1.12. The molecule has 2 aliphatic rings.